The zero-order chi connectivity index (χ0) is 41.0. The molecule has 0 radical (unpaired) electrons. The number of alkyl halides is 3. The van der Waals surface area contributed by atoms with Gasteiger partial charge in [0.25, 0.3) is 17.9 Å². The number of hydrogen-bond acceptors (Lipinski definition) is 16. The normalized spacial score (nSPS) is 16.0. The Kier molecular flexibility index (Phi) is 12.2. The number of pyridine rings is 1. The van der Waals surface area contributed by atoms with Crippen LogP contribution in [0.5, 0.6) is 5.75 Å². The maximum atomic E-state index is 13.2. The highest BCUT2D eigenvalue weighted by Crippen LogP contribution is 2.33. The molecular weight excluding hydrogens is 787 g/mol. The van der Waals surface area contributed by atoms with Crippen LogP contribution in [0.3, 0.4) is 0 Å². The summed E-state index contributed by atoms with van der Waals surface area (Å²) in [5.74, 6) is -4.73. The van der Waals surface area contributed by atoms with E-state index in [1.165, 1.54) is 19.2 Å². The number of halogens is 3. The van der Waals surface area contributed by atoms with Gasteiger partial charge >= 0.3 is 22.5 Å². The molecule has 55 heavy (non-hydrogen) atoms. The molecule has 4 heterocycles. The lowest BCUT2D eigenvalue weighted by atomic mass is 9.84. The fourth-order valence-electron chi connectivity index (χ4n) is 4.53. The van der Waals surface area contributed by atoms with Gasteiger partial charge in [0.05, 0.1) is 24.2 Å². The molecule has 296 valence electrons. The maximum absolute atomic E-state index is 13.2. The van der Waals surface area contributed by atoms with Crippen molar-refractivity contribution in [2.24, 2.45) is 19.3 Å². The number of nitrogen functional groups attached to an aromatic ring is 1. The molecule has 5 rings (SSSR count). The third-order valence-corrected chi connectivity index (χ3v) is 8.48. The number of aliphatic carboxylic acids is 2. The predicted octanol–water partition coefficient (Wildman–Crippen LogP) is -0.428. The van der Waals surface area contributed by atoms with Crippen LogP contribution in [0.25, 0.3) is 10.9 Å². The number of aromatic nitrogens is 4. The van der Waals surface area contributed by atoms with E-state index in [0.717, 1.165) is 22.5 Å². The van der Waals surface area contributed by atoms with E-state index in [1.807, 2.05) is 41.8 Å². The molecule has 2 atom stereocenters. The smallest absolute Gasteiger partial charge is 0.430 e. The quantitative estimate of drug-likeness (QED) is 0.0376. The molecule has 3 aromatic heterocycles. The third kappa shape index (κ3) is 10.3. The Labute approximate surface area is 311 Å². The molecule has 1 saturated heterocycles. The number of β-lactam (4-membered cyclic amide) rings is 1. The highest BCUT2D eigenvalue weighted by atomic mass is 32.3. The van der Waals surface area contributed by atoms with Crippen LogP contribution >= 0.6 is 11.3 Å². The number of rotatable bonds is 13. The number of carbonyl (C=O) groups excluding carboxylic acids is 3. The first-order valence-corrected chi connectivity index (χ1v) is 17.3. The minimum absolute atomic E-state index is 0.0548. The zero-order valence-electron chi connectivity index (χ0n) is 28.7. The van der Waals surface area contributed by atoms with Crippen molar-refractivity contribution in [3.05, 3.63) is 53.7 Å². The van der Waals surface area contributed by atoms with Crippen molar-refractivity contribution in [3.63, 3.8) is 0 Å². The number of hydroxylamine groups is 2. The summed E-state index contributed by atoms with van der Waals surface area (Å²) < 4.78 is 76.5. The van der Waals surface area contributed by atoms with E-state index in [0.29, 0.717) is 22.1 Å². The number of oxime groups is 1. The number of carboxylic acid groups (broad SMARTS) is 2. The highest BCUT2D eigenvalue weighted by molar-refractivity contribution is 7.80. The van der Waals surface area contributed by atoms with Gasteiger partial charge in [-0.3, -0.25) is 14.1 Å². The average Bonchev–Trinajstić information content (AvgIpc) is 3.66. The first-order valence-electron chi connectivity index (χ1n) is 15.1. The number of amides is 2. The summed E-state index contributed by atoms with van der Waals surface area (Å²) in [6, 6.07) is 9.16. The van der Waals surface area contributed by atoms with E-state index < -0.39 is 70.3 Å². The van der Waals surface area contributed by atoms with E-state index in [-0.39, 0.29) is 10.8 Å². The molecule has 1 aliphatic rings. The number of thiazole rings is 1. The van der Waals surface area contributed by atoms with E-state index in [4.69, 9.17) is 29.8 Å². The van der Waals surface area contributed by atoms with Crippen molar-refractivity contribution >= 4 is 78.9 Å². The van der Waals surface area contributed by atoms with Crippen LogP contribution in [0.2, 0.25) is 0 Å². The molecule has 1 aromatic carbocycles. The number of nitrogens with two attached hydrogens (primary N) is 1. The third-order valence-electron chi connectivity index (χ3n) is 7.47. The molecule has 21 nitrogen and oxygen atoms in total. The molecule has 0 unspecified atom stereocenters. The van der Waals surface area contributed by atoms with Crippen LogP contribution in [0.1, 0.15) is 19.5 Å². The van der Waals surface area contributed by atoms with E-state index in [9.17, 15) is 41.1 Å². The van der Waals surface area contributed by atoms with Crippen molar-refractivity contribution in [2.45, 2.75) is 37.7 Å². The van der Waals surface area contributed by atoms with Gasteiger partial charge in [0, 0.05) is 10.8 Å². The topological polar surface area (TPSA) is 294 Å². The van der Waals surface area contributed by atoms with Crippen molar-refractivity contribution in [3.8, 4) is 5.75 Å². The van der Waals surface area contributed by atoms with Gasteiger partial charge in [0.15, 0.2) is 29.9 Å². The van der Waals surface area contributed by atoms with Crippen LogP contribution in [-0.2, 0) is 52.8 Å². The van der Waals surface area contributed by atoms with E-state index in [1.54, 1.807) is 24.3 Å². The fourth-order valence-corrected chi connectivity index (χ4v) is 5.53. The molecule has 4 aromatic rings. The Hall–Kier alpha value is -6.12. The number of nitrogens with zero attached hydrogens (tertiary/aromatic N) is 6. The van der Waals surface area contributed by atoms with Gasteiger partial charge in [-0.25, -0.2) is 14.8 Å². The Morgan fingerprint density at radius 2 is 1.87 bits per heavy atom. The molecule has 26 heteroatoms. The van der Waals surface area contributed by atoms with Gasteiger partial charge in [-0.15, -0.1) is 25.0 Å². The maximum Gasteiger partial charge on any atom is 0.430 e. The number of nitrogens with one attached hydrogen (secondary N) is 2. The molecule has 1 aliphatic heterocycles. The monoisotopic (exact) mass is 817 g/mol. The van der Waals surface area contributed by atoms with Gasteiger partial charge in [-0.2, -0.15) is 26.7 Å². The Morgan fingerprint density at radius 3 is 2.40 bits per heavy atom. The summed E-state index contributed by atoms with van der Waals surface area (Å²) in [6.45, 7) is 2.20. The second-order valence-corrected chi connectivity index (χ2v) is 13.6. The summed E-state index contributed by atoms with van der Waals surface area (Å²) >= 11 is 0.956. The number of benzene rings is 1. The number of ether oxygens (including phenoxy) is 1. The van der Waals surface area contributed by atoms with Gasteiger partial charge in [-0.1, -0.05) is 5.16 Å². The molecule has 6 N–H and O–H groups in total. The summed E-state index contributed by atoms with van der Waals surface area (Å²) in [6.07, 6.45) is -4.99. The summed E-state index contributed by atoms with van der Waals surface area (Å²) in [5.41, 5.74) is 4.30. The summed E-state index contributed by atoms with van der Waals surface area (Å²) in [4.78, 5) is 60.4. The molecule has 2 amide bonds. The van der Waals surface area contributed by atoms with E-state index in [2.05, 4.69) is 30.0 Å². The number of hydrogen-bond donors (Lipinski definition) is 5. The van der Waals surface area contributed by atoms with Crippen LogP contribution in [-0.4, -0.2) is 97.7 Å². The second kappa shape index (κ2) is 16.1. The van der Waals surface area contributed by atoms with Gasteiger partial charge in [0.1, 0.15) is 35.9 Å². The van der Waals surface area contributed by atoms with Crippen molar-refractivity contribution < 1.29 is 74.1 Å². The van der Waals surface area contributed by atoms with Crippen molar-refractivity contribution in [1.29, 1.82) is 0 Å². The lowest BCUT2D eigenvalue weighted by Gasteiger charge is -2.50. The molecule has 0 bridgehead atoms. The fraction of sp³-hybridized carbons (Fsp3) is 0.310. The minimum Gasteiger partial charge on any atom is -0.542 e. The average molecular weight is 818 g/mol. The number of carbonyl (C=O) groups is 4. The van der Waals surface area contributed by atoms with Gasteiger partial charge in [-0.05, 0) is 44.2 Å². The van der Waals surface area contributed by atoms with Crippen molar-refractivity contribution in [1.82, 2.24) is 25.0 Å². The lowest BCUT2D eigenvalue weighted by Crippen LogP contribution is -2.76. The Bertz CT molecular complexity index is 2260. The first-order chi connectivity index (χ1) is 25.5. The standard InChI is InChI=1S/C27H29N9O10S2.C2HF3O2/c1-27(2)22(24(38)36(27)46-48(41,42)43)32-23(37)21(17-13-47-26(28)30-17)33-45-18(25(39)40)12-44-15-6-7-16-14(11-15)5-8-19(29-16)31-20-9-10-34(3)35(20)4;3-2(4,5)1(6)7/h5-11,13,18,22H,12H2,1-4H3,(H5,28,30,32,37,39,40,41,42,43);(H,6,7)/b33-21-;/t18-,22+;/m0./s1. The molecular formula is C29H30F3N9O12S2. The highest BCUT2D eigenvalue weighted by Gasteiger charge is 2.58. The Balaban J connectivity index is 0.000000876. The molecule has 1 fully saturated rings. The first kappa shape index (κ1) is 41.6. The molecule has 0 aliphatic carbocycles. The van der Waals surface area contributed by atoms with Crippen LogP contribution in [0.15, 0.2) is 53.1 Å². The SMILES string of the molecule is Cn1c(Nc2ccc3cc(OC[C@H](O/N=C(\C(=O)N[C@@H]4C(=O)N(OS(=O)(=O)O)C4(C)C)c4csc(N)n4)C(=O)O)ccc3n2)cc[n+]1C.O=C([O-])C(F)(F)F. The molecule has 0 saturated carbocycles. The number of fused-ring (bicyclic) bond motifs is 1. The van der Waals surface area contributed by atoms with E-state index >= 15 is 0 Å². The van der Waals surface area contributed by atoms with Gasteiger partial charge in [0.2, 0.25) is 0 Å². The predicted molar refractivity (Wildman–Crippen MR) is 179 cm³/mol. The second-order valence-electron chi connectivity index (χ2n) is 11.7. The number of carboxylic acids is 2. The molecule has 0 spiro atoms. The summed E-state index contributed by atoms with van der Waals surface area (Å²) in [7, 11) is -1.22. The number of anilines is 3. The van der Waals surface area contributed by atoms with Crippen LogP contribution in [0, 0.1) is 0 Å². The largest absolute Gasteiger partial charge is 0.542 e. The summed E-state index contributed by atoms with van der Waals surface area (Å²) in [5, 5.41) is 30.4. The van der Waals surface area contributed by atoms with Crippen LogP contribution < -0.4 is 30.9 Å². The lowest BCUT2D eigenvalue weighted by molar-refractivity contribution is -0.750. The number of aryl methyl sites for hydroxylation is 1. The van der Waals surface area contributed by atoms with Crippen molar-refractivity contribution in [2.75, 3.05) is 17.7 Å². The minimum atomic E-state index is -5.19. The van der Waals surface area contributed by atoms with Crippen LogP contribution in [0.4, 0.5) is 29.9 Å². The Morgan fingerprint density at radius 1 is 1.20 bits per heavy atom. The van der Waals surface area contributed by atoms with Gasteiger partial charge < -0.3 is 40.9 Å². The zero-order valence-corrected chi connectivity index (χ0v) is 30.3.